The Morgan fingerprint density at radius 1 is 1.36 bits per heavy atom. The molecule has 10 heteroatoms. The van der Waals surface area contributed by atoms with Gasteiger partial charge in [0.15, 0.2) is 5.15 Å². The Labute approximate surface area is 145 Å². The van der Waals surface area contributed by atoms with Gasteiger partial charge in [0.05, 0.1) is 23.8 Å². The largest absolute Gasteiger partial charge is 0.465 e. The number of hydrogen-bond acceptors (Lipinski definition) is 4. The molecule has 25 heavy (non-hydrogen) atoms. The second-order valence-electron chi connectivity index (χ2n) is 5.86. The molecule has 2 aromatic heterocycles. The molecule has 3 rings (SSSR count). The number of nitrogens with one attached hydrogen (secondary N) is 1. The molecule has 0 bridgehead atoms. The van der Waals surface area contributed by atoms with E-state index in [-0.39, 0.29) is 24.7 Å². The molecular weight excluding hydrogens is 361 g/mol. The Bertz CT molecular complexity index is 802. The lowest BCUT2D eigenvalue weighted by Crippen LogP contribution is -2.53. The summed E-state index contributed by atoms with van der Waals surface area (Å²) in [4.78, 5) is 20.5. The topological polar surface area (TPSA) is 78.4 Å². The third kappa shape index (κ3) is 3.71. The van der Waals surface area contributed by atoms with Crippen LogP contribution in [-0.4, -0.2) is 46.5 Å². The van der Waals surface area contributed by atoms with Crippen molar-refractivity contribution in [1.82, 2.24) is 15.3 Å². The van der Waals surface area contributed by atoms with Crippen LogP contribution >= 0.6 is 11.6 Å². The smallest absolute Gasteiger partial charge is 0.404 e. The minimum absolute atomic E-state index is 0.103. The van der Waals surface area contributed by atoms with E-state index in [1.807, 2.05) is 0 Å². The van der Waals surface area contributed by atoms with Crippen LogP contribution in [0.15, 0.2) is 24.5 Å². The monoisotopic (exact) mass is 374 g/mol. The van der Waals surface area contributed by atoms with Crippen molar-refractivity contribution < 1.29 is 23.1 Å². The maximum Gasteiger partial charge on any atom is 0.404 e. The predicted octanol–water partition coefficient (Wildman–Crippen LogP) is 3.31. The SMILES string of the molecule is O=C(O)N[C@@H]1C[C@H](C(F)(F)F)CN(c2cnc(Cl)c3ncccc23)C1. The van der Waals surface area contributed by atoms with Crippen LogP contribution in [0.4, 0.5) is 23.7 Å². The van der Waals surface area contributed by atoms with Gasteiger partial charge in [0, 0.05) is 24.7 Å². The molecule has 2 N–H and O–H groups in total. The van der Waals surface area contributed by atoms with Crippen molar-refractivity contribution in [1.29, 1.82) is 0 Å². The molecule has 1 aliphatic heterocycles. The number of pyridine rings is 2. The summed E-state index contributed by atoms with van der Waals surface area (Å²) in [6.07, 6.45) is -3.17. The predicted molar refractivity (Wildman–Crippen MR) is 85.9 cm³/mol. The first kappa shape index (κ1) is 17.5. The number of aromatic nitrogens is 2. The zero-order chi connectivity index (χ0) is 18.2. The molecular formula is C15H14ClF3N4O2. The number of piperidine rings is 1. The quantitative estimate of drug-likeness (QED) is 0.788. The highest BCUT2D eigenvalue weighted by molar-refractivity contribution is 6.34. The molecule has 134 valence electrons. The van der Waals surface area contributed by atoms with Crippen LogP contribution in [-0.2, 0) is 0 Å². The van der Waals surface area contributed by atoms with Gasteiger partial charge in [0.1, 0.15) is 5.52 Å². The second kappa shape index (κ2) is 6.55. The molecule has 0 saturated carbocycles. The van der Waals surface area contributed by atoms with E-state index in [4.69, 9.17) is 16.7 Å². The molecule has 1 aliphatic rings. The fourth-order valence-electron chi connectivity index (χ4n) is 3.09. The summed E-state index contributed by atoms with van der Waals surface area (Å²) in [5.74, 6) is -1.65. The van der Waals surface area contributed by atoms with E-state index < -0.39 is 24.2 Å². The average Bonchev–Trinajstić information content (AvgIpc) is 2.54. The maximum atomic E-state index is 13.3. The van der Waals surface area contributed by atoms with Crippen molar-refractivity contribution >= 4 is 34.3 Å². The van der Waals surface area contributed by atoms with Gasteiger partial charge < -0.3 is 15.3 Å². The highest BCUT2D eigenvalue weighted by Crippen LogP contribution is 2.37. The molecule has 6 nitrogen and oxygen atoms in total. The minimum atomic E-state index is -4.43. The number of rotatable bonds is 2. The van der Waals surface area contributed by atoms with Gasteiger partial charge in [-0.3, -0.25) is 4.98 Å². The van der Waals surface area contributed by atoms with E-state index in [1.54, 1.807) is 12.1 Å². The summed E-state index contributed by atoms with van der Waals surface area (Å²) >= 11 is 6.00. The Morgan fingerprint density at radius 2 is 2.12 bits per heavy atom. The molecule has 2 aromatic rings. The Morgan fingerprint density at radius 3 is 2.80 bits per heavy atom. The number of hydrogen-bond donors (Lipinski definition) is 2. The average molecular weight is 375 g/mol. The van der Waals surface area contributed by atoms with Crippen LogP contribution < -0.4 is 10.2 Å². The van der Waals surface area contributed by atoms with Crippen molar-refractivity contribution in [3.63, 3.8) is 0 Å². The van der Waals surface area contributed by atoms with E-state index in [1.165, 1.54) is 17.3 Å². The van der Waals surface area contributed by atoms with Crippen molar-refractivity contribution in [3.05, 3.63) is 29.7 Å². The van der Waals surface area contributed by atoms with E-state index >= 15 is 0 Å². The maximum absolute atomic E-state index is 13.3. The second-order valence-corrected chi connectivity index (χ2v) is 6.22. The lowest BCUT2D eigenvalue weighted by atomic mass is 9.93. The van der Waals surface area contributed by atoms with Crippen molar-refractivity contribution in [2.45, 2.75) is 18.6 Å². The number of anilines is 1. The number of nitrogens with zero attached hydrogens (tertiary/aromatic N) is 3. The van der Waals surface area contributed by atoms with E-state index in [2.05, 4.69) is 15.3 Å². The molecule has 0 unspecified atom stereocenters. The van der Waals surface area contributed by atoms with Crippen molar-refractivity contribution in [3.8, 4) is 0 Å². The molecule has 0 aromatic carbocycles. The van der Waals surface area contributed by atoms with E-state index in [9.17, 15) is 18.0 Å². The molecule has 1 amide bonds. The number of fused-ring (bicyclic) bond motifs is 1. The first-order chi connectivity index (χ1) is 11.8. The van der Waals surface area contributed by atoms with Crippen molar-refractivity contribution in [2.24, 2.45) is 5.92 Å². The first-order valence-electron chi connectivity index (χ1n) is 7.46. The molecule has 0 radical (unpaired) electrons. The number of halogens is 4. The van der Waals surface area contributed by atoms with Gasteiger partial charge >= 0.3 is 12.3 Å². The van der Waals surface area contributed by atoms with Crippen LogP contribution in [0.2, 0.25) is 5.15 Å². The van der Waals surface area contributed by atoms with Gasteiger partial charge in [-0.2, -0.15) is 13.2 Å². The zero-order valence-corrected chi connectivity index (χ0v) is 13.6. The molecule has 1 fully saturated rings. The molecule has 1 saturated heterocycles. The molecule has 3 heterocycles. The third-order valence-electron chi connectivity index (χ3n) is 4.16. The number of carbonyl (C=O) groups is 1. The summed E-state index contributed by atoms with van der Waals surface area (Å²) in [6, 6.07) is 2.50. The summed E-state index contributed by atoms with van der Waals surface area (Å²) in [7, 11) is 0. The zero-order valence-electron chi connectivity index (χ0n) is 12.8. The van der Waals surface area contributed by atoms with Crippen LogP contribution in [0.1, 0.15) is 6.42 Å². The molecule has 0 aliphatic carbocycles. The van der Waals surface area contributed by atoms with Crippen LogP contribution in [0.25, 0.3) is 10.9 Å². The lowest BCUT2D eigenvalue weighted by molar-refractivity contribution is -0.177. The summed E-state index contributed by atoms with van der Waals surface area (Å²) < 4.78 is 39.8. The van der Waals surface area contributed by atoms with Gasteiger partial charge in [-0.1, -0.05) is 11.6 Å². The van der Waals surface area contributed by atoms with Gasteiger partial charge in [0.2, 0.25) is 0 Å². The van der Waals surface area contributed by atoms with Gasteiger partial charge in [-0.15, -0.1) is 0 Å². The van der Waals surface area contributed by atoms with Crippen LogP contribution in [0.3, 0.4) is 0 Å². The van der Waals surface area contributed by atoms with Crippen LogP contribution in [0.5, 0.6) is 0 Å². The summed E-state index contributed by atoms with van der Waals surface area (Å²) in [5, 5.41) is 11.8. The first-order valence-corrected chi connectivity index (χ1v) is 7.84. The Balaban J connectivity index is 2.00. The number of carboxylic acid groups (broad SMARTS) is 1. The summed E-state index contributed by atoms with van der Waals surface area (Å²) in [5.41, 5.74) is 0.831. The van der Waals surface area contributed by atoms with Gasteiger partial charge in [-0.25, -0.2) is 9.78 Å². The fourth-order valence-corrected chi connectivity index (χ4v) is 3.29. The standard InChI is InChI=1S/C15H14ClF3N4O2/c16-13-12-10(2-1-3-20-12)11(5-21-13)23-6-8(15(17,18)19)4-9(7-23)22-14(24)25/h1-3,5,8-9,22H,4,6-7H2,(H,24,25)/t8-,9+/m0/s1. The number of alkyl halides is 3. The number of amides is 1. The minimum Gasteiger partial charge on any atom is -0.465 e. The normalized spacial score (nSPS) is 21.4. The van der Waals surface area contributed by atoms with Gasteiger partial charge in [-0.05, 0) is 18.6 Å². The fraction of sp³-hybridized carbons (Fsp3) is 0.400. The molecule has 2 atom stereocenters. The highest BCUT2D eigenvalue weighted by Gasteiger charge is 2.45. The Hall–Kier alpha value is -2.29. The molecule has 0 spiro atoms. The van der Waals surface area contributed by atoms with E-state index in [0.717, 1.165) is 0 Å². The lowest BCUT2D eigenvalue weighted by Gasteiger charge is -2.39. The highest BCUT2D eigenvalue weighted by atomic mass is 35.5. The van der Waals surface area contributed by atoms with Crippen LogP contribution in [0, 0.1) is 5.92 Å². The Kier molecular flexibility index (Phi) is 4.59. The summed E-state index contributed by atoms with van der Waals surface area (Å²) in [6.45, 7) is -0.180. The van der Waals surface area contributed by atoms with E-state index in [0.29, 0.717) is 16.6 Å². The van der Waals surface area contributed by atoms with Gasteiger partial charge in [0.25, 0.3) is 0 Å². The third-order valence-corrected chi connectivity index (χ3v) is 4.44. The van der Waals surface area contributed by atoms with Crippen molar-refractivity contribution in [2.75, 3.05) is 18.0 Å².